The Morgan fingerprint density at radius 2 is 1.86 bits per heavy atom. The summed E-state index contributed by atoms with van der Waals surface area (Å²) in [6.07, 6.45) is 9.25. The van der Waals surface area contributed by atoms with Gasteiger partial charge < -0.3 is 20.4 Å². The average Bonchev–Trinajstić information content (AvgIpc) is 3.70. The van der Waals surface area contributed by atoms with E-state index in [0.717, 1.165) is 69.1 Å². The van der Waals surface area contributed by atoms with Crippen LogP contribution in [0.5, 0.6) is 0 Å². The number of carbonyl (C=O) groups excluding carboxylic acids is 3. The largest absolute Gasteiger partial charge is 0.352 e. The topological polar surface area (TPSA) is 193 Å². The summed E-state index contributed by atoms with van der Waals surface area (Å²) >= 11 is 3.70. The van der Waals surface area contributed by atoms with Gasteiger partial charge in [0.05, 0.1) is 45.7 Å². The van der Waals surface area contributed by atoms with Crippen LogP contribution in [0, 0.1) is 0 Å². The number of amides is 1. The Kier molecular flexibility index (Phi) is 10.1. The zero-order valence-electron chi connectivity index (χ0n) is 32.1. The molecule has 2 saturated heterocycles. The minimum Gasteiger partial charge on any atom is -0.352 e. The van der Waals surface area contributed by atoms with Crippen LogP contribution in [-0.2, 0) is 32.7 Å². The highest BCUT2D eigenvalue weighted by atomic mass is 79.9. The van der Waals surface area contributed by atoms with Crippen LogP contribution in [0.3, 0.4) is 0 Å². The summed E-state index contributed by atoms with van der Waals surface area (Å²) in [7, 11) is -3.49. The normalized spacial score (nSPS) is 20.2. The predicted octanol–water partition coefficient (Wildman–Crippen LogP) is 3.68. The Hall–Kier alpha value is -5.11. The van der Waals surface area contributed by atoms with Gasteiger partial charge in [0, 0.05) is 80.8 Å². The van der Waals surface area contributed by atoms with Crippen LogP contribution < -0.4 is 15.5 Å². The van der Waals surface area contributed by atoms with Crippen molar-refractivity contribution < 1.29 is 22.8 Å². The van der Waals surface area contributed by atoms with E-state index in [-0.39, 0.29) is 23.2 Å². The number of rotatable bonds is 12. The van der Waals surface area contributed by atoms with E-state index >= 15 is 0 Å². The molecule has 0 bridgehead atoms. The number of pyridine rings is 1. The monoisotopic (exact) mass is 870 g/mol. The number of nitrogens with zero attached hydrogens (tertiary/aromatic N) is 10. The Bertz CT molecular complexity index is 2540. The van der Waals surface area contributed by atoms with Crippen molar-refractivity contribution in [3.63, 3.8) is 0 Å². The molecule has 0 radical (unpaired) electrons. The second kappa shape index (κ2) is 15.2. The first-order valence-corrected chi connectivity index (χ1v) is 21.9. The summed E-state index contributed by atoms with van der Waals surface area (Å²) in [6.45, 7) is 9.18. The third-order valence-corrected chi connectivity index (χ3v) is 14.1. The van der Waals surface area contributed by atoms with Crippen LogP contribution >= 0.6 is 15.9 Å². The molecular weight excluding hydrogens is 828 g/mol. The van der Waals surface area contributed by atoms with Crippen molar-refractivity contribution in [3.05, 3.63) is 70.2 Å². The third kappa shape index (κ3) is 7.28. The van der Waals surface area contributed by atoms with Gasteiger partial charge in [-0.3, -0.25) is 24.0 Å². The van der Waals surface area contributed by atoms with Crippen molar-refractivity contribution in [2.75, 3.05) is 42.9 Å². The summed E-state index contributed by atoms with van der Waals surface area (Å²) < 4.78 is 29.1. The zero-order chi connectivity index (χ0) is 40.3. The Labute approximate surface area is 343 Å². The number of Topliss-reactive ketones (excluding diaryl/α,β-unsaturated/α-hetero) is 1. The lowest BCUT2D eigenvalue weighted by atomic mass is 9.97. The maximum absolute atomic E-state index is 13.5. The molecule has 1 aromatic carbocycles. The number of fused-ring (bicyclic) bond motifs is 2. The SMILES string of the molecule is CC(C)n1nc(N2CCN(Cc3cc(Br)c4c(c3)CN(C3CCC(C(=O)C=O)NC3)C4=O)CC2)c2cnc(Nc3ccnc(-c4cnn(S(=O)(=O)C5CC5)c4)n3)cc21. The zero-order valence-corrected chi connectivity index (χ0v) is 34.5. The highest BCUT2D eigenvalue weighted by Crippen LogP contribution is 2.35. The van der Waals surface area contributed by atoms with Crippen molar-refractivity contribution in [1.29, 1.82) is 0 Å². The second-order valence-electron chi connectivity index (χ2n) is 15.7. The summed E-state index contributed by atoms with van der Waals surface area (Å²) in [6, 6.07) is 7.49. The number of carbonyl (C=O) groups is 3. The minimum atomic E-state index is -3.49. The van der Waals surface area contributed by atoms with Gasteiger partial charge in [0.15, 0.2) is 17.9 Å². The van der Waals surface area contributed by atoms with Gasteiger partial charge in [0.25, 0.3) is 15.9 Å². The smallest absolute Gasteiger partial charge is 0.256 e. The standard InChI is InChI=1S/C39H43BrN12O5S/c1-23(2)52-32-15-35(45-34-7-8-41-37(46-34)26-16-44-51(21-26)58(56,57)28-4-5-28)43-18-29(32)38(47-52)49-11-9-48(10-12-49)19-24-13-25-20-50(39(55)36(25)30(40)14-24)27-3-6-31(42-17-27)33(54)22-53/h7-8,13-16,18,21-23,27-28,31,42H,3-6,9-12,17,19-20H2,1-2H3,(H,41,43,45,46). The Morgan fingerprint density at radius 3 is 2.59 bits per heavy atom. The Balaban J connectivity index is 0.852. The van der Waals surface area contributed by atoms with E-state index in [0.29, 0.717) is 73.6 Å². The van der Waals surface area contributed by atoms with Crippen molar-refractivity contribution in [2.24, 2.45) is 0 Å². The molecule has 302 valence electrons. The molecule has 3 aliphatic heterocycles. The molecule has 1 amide bonds. The molecule has 58 heavy (non-hydrogen) atoms. The molecule has 7 heterocycles. The van der Waals surface area contributed by atoms with Crippen molar-refractivity contribution >= 4 is 72.3 Å². The van der Waals surface area contributed by atoms with Crippen LogP contribution in [0.1, 0.15) is 67.1 Å². The fourth-order valence-electron chi connectivity index (χ4n) is 8.17. The lowest BCUT2D eigenvalue weighted by molar-refractivity contribution is -0.131. The molecule has 2 unspecified atom stereocenters. The molecular formula is C39H43BrN12O5S. The van der Waals surface area contributed by atoms with E-state index < -0.39 is 21.8 Å². The van der Waals surface area contributed by atoms with Crippen LogP contribution in [0.25, 0.3) is 22.3 Å². The van der Waals surface area contributed by atoms with Gasteiger partial charge in [0.1, 0.15) is 11.6 Å². The number of piperazine rings is 1. The predicted molar refractivity (Wildman–Crippen MR) is 219 cm³/mol. The number of halogens is 1. The first-order chi connectivity index (χ1) is 28.0. The molecule has 17 nitrogen and oxygen atoms in total. The first-order valence-electron chi connectivity index (χ1n) is 19.6. The van der Waals surface area contributed by atoms with Crippen LogP contribution in [0.2, 0.25) is 0 Å². The van der Waals surface area contributed by atoms with Crippen LogP contribution in [0.4, 0.5) is 17.5 Å². The van der Waals surface area contributed by atoms with Crippen LogP contribution in [0.15, 0.2) is 53.5 Å². The summed E-state index contributed by atoms with van der Waals surface area (Å²) in [5.41, 5.74) is 4.28. The molecule has 0 spiro atoms. The molecule has 2 atom stereocenters. The lowest BCUT2D eigenvalue weighted by Crippen LogP contribution is -2.52. The lowest BCUT2D eigenvalue weighted by Gasteiger charge is -2.35. The minimum absolute atomic E-state index is 0.00753. The molecule has 4 aliphatic rings. The van der Waals surface area contributed by atoms with Gasteiger partial charge in [0.2, 0.25) is 5.78 Å². The molecule has 2 N–H and O–H groups in total. The maximum Gasteiger partial charge on any atom is 0.256 e. The number of benzene rings is 1. The van der Waals surface area contributed by atoms with Crippen molar-refractivity contribution in [2.45, 2.75) is 76.0 Å². The quantitative estimate of drug-likeness (QED) is 0.136. The summed E-state index contributed by atoms with van der Waals surface area (Å²) in [5.74, 6) is 1.89. The fourth-order valence-corrected chi connectivity index (χ4v) is 10.4. The Morgan fingerprint density at radius 1 is 1.05 bits per heavy atom. The van der Waals surface area contributed by atoms with Gasteiger partial charge in [-0.2, -0.15) is 14.3 Å². The van der Waals surface area contributed by atoms with Gasteiger partial charge in [-0.15, -0.1) is 0 Å². The van der Waals surface area contributed by atoms with E-state index in [1.165, 1.54) is 12.4 Å². The number of ketones is 1. The first kappa shape index (κ1) is 38.4. The average molecular weight is 872 g/mol. The number of aldehydes is 1. The van der Waals surface area contributed by atoms with Crippen molar-refractivity contribution in [3.8, 4) is 11.4 Å². The third-order valence-electron chi connectivity index (χ3n) is 11.4. The highest BCUT2D eigenvalue weighted by molar-refractivity contribution is 9.10. The number of hydrogen-bond acceptors (Lipinski definition) is 14. The van der Waals surface area contributed by atoms with Gasteiger partial charge in [-0.25, -0.2) is 23.4 Å². The molecule has 9 rings (SSSR count). The van der Waals surface area contributed by atoms with Gasteiger partial charge in [-0.1, -0.05) is 6.07 Å². The van der Waals surface area contributed by atoms with E-state index in [4.69, 9.17) is 10.1 Å². The fraction of sp³-hybridized carbons (Fsp3) is 0.436. The van der Waals surface area contributed by atoms with Crippen LogP contribution in [-0.4, -0.2) is 120 Å². The van der Waals surface area contributed by atoms with Gasteiger partial charge >= 0.3 is 0 Å². The second-order valence-corrected chi connectivity index (χ2v) is 18.6. The summed E-state index contributed by atoms with van der Waals surface area (Å²) in [4.78, 5) is 56.6. The molecule has 1 saturated carbocycles. The maximum atomic E-state index is 13.5. The molecule has 1 aliphatic carbocycles. The summed E-state index contributed by atoms with van der Waals surface area (Å²) in [5, 5.41) is 16.2. The van der Waals surface area contributed by atoms with Gasteiger partial charge in [-0.05, 0) is 78.7 Å². The highest BCUT2D eigenvalue weighted by Gasteiger charge is 2.39. The van der Waals surface area contributed by atoms with E-state index in [1.807, 2.05) is 21.8 Å². The number of nitrogens with one attached hydrogen (secondary N) is 2. The molecule has 19 heteroatoms. The number of piperidine rings is 1. The van der Waals surface area contributed by atoms with E-state index in [9.17, 15) is 22.8 Å². The molecule has 5 aromatic rings. The number of anilines is 3. The number of aromatic nitrogens is 7. The van der Waals surface area contributed by atoms with E-state index in [2.05, 4.69) is 77.4 Å². The molecule has 4 aromatic heterocycles. The van der Waals surface area contributed by atoms with E-state index in [1.54, 1.807) is 12.3 Å². The number of hydrogen-bond donors (Lipinski definition) is 2. The molecule has 3 fully saturated rings. The van der Waals surface area contributed by atoms with Crippen molar-refractivity contribution in [1.82, 2.24) is 49.0 Å².